The van der Waals surface area contributed by atoms with Crippen LogP contribution in [0.5, 0.6) is 0 Å². The molecule has 6 nitrogen and oxygen atoms in total. The Morgan fingerprint density at radius 3 is 2.75 bits per heavy atom. The Bertz CT molecular complexity index is 928. The summed E-state index contributed by atoms with van der Waals surface area (Å²) in [5.74, 6) is -0.321. The summed E-state index contributed by atoms with van der Waals surface area (Å²) in [6, 6.07) is 7.93. The smallest absolute Gasteiger partial charge is 0.311 e. The maximum absolute atomic E-state index is 12.2. The predicted molar refractivity (Wildman–Crippen MR) is 91.5 cm³/mol. The molecule has 0 unspecified atom stereocenters. The zero-order valence-corrected chi connectivity index (χ0v) is 14.3. The molecular weight excluding hydrogens is 326 g/mol. The molecule has 124 valence electrons. The van der Waals surface area contributed by atoms with Crippen molar-refractivity contribution in [2.45, 2.75) is 26.7 Å². The van der Waals surface area contributed by atoms with Gasteiger partial charge < -0.3 is 4.74 Å². The normalized spacial score (nSPS) is 10.9. The number of thiazole rings is 1. The van der Waals surface area contributed by atoms with Gasteiger partial charge in [-0.25, -0.2) is 4.52 Å². The number of nitrogens with zero attached hydrogens (tertiary/aromatic N) is 3. The van der Waals surface area contributed by atoms with Gasteiger partial charge in [-0.3, -0.25) is 9.59 Å². The van der Waals surface area contributed by atoms with Crippen LogP contribution in [0.25, 0.3) is 4.96 Å². The van der Waals surface area contributed by atoms with Crippen molar-refractivity contribution in [2.75, 3.05) is 6.61 Å². The van der Waals surface area contributed by atoms with Crippen LogP contribution < -0.4 is 5.56 Å². The van der Waals surface area contributed by atoms with Crippen molar-refractivity contribution in [2.24, 2.45) is 0 Å². The van der Waals surface area contributed by atoms with Crippen LogP contribution in [0.1, 0.15) is 29.4 Å². The van der Waals surface area contributed by atoms with E-state index >= 15 is 0 Å². The van der Waals surface area contributed by atoms with E-state index in [9.17, 15) is 9.59 Å². The minimum absolute atomic E-state index is 0.107. The molecule has 2 aromatic heterocycles. The van der Waals surface area contributed by atoms with Crippen molar-refractivity contribution >= 4 is 22.3 Å². The Labute approximate surface area is 142 Å². The van der Waals surface area contributed by atoms with Crippen molar-refractivity contribution in [3.05, 3.63) is 62.5 Å². The van der Waals surface area contributed by atoms with Crippen LogP contribution in [0.15, 0.2) is 34.4 Å². The maximum atomic E-state index is 12.2. The summed E-state index contributed by atoms with van der Waals surface area (Å²) in [5, 5.41) is 6.19. The van der Waals surface area contributed by atoms with E-state index in [2.05, 4.69) is 10.1 Å². The number of hydrogen-bond donors (Lipinski definition) is 0. The van der Waals surface area contributed by atoms with Crippen LogP contribution in [0.3, 0.4) is 0 Å². The molecule has 1 aromatic carbocycles. The number of aromatic nitrogens is 3. The van der Waals surface area contributed by atoms with Crippen LogP contribution in [0.2, 0.25) is 0 Å². The Hall–Kier alpha value is -2.54. The molecule has 0 N–H and O–H groups in total. The van der Waals surface area contributed by atoms with Crippen LogP contribution >= 0.6 is 11.3 Å². The quantitative estimate of drug-likeness (QED) is 0.664. The Morgan fingerprint density at radius 1 is 1.29 bits per heavy atom. The van der Waals surface area contributed by atoms with E-state index in [1.165, 1.54) is 11.3 Å². The van der Waals surface area contributed by atoms with E-state index in [-0.39, 0.29) is 17.9 Å². The topological polar surface area (TPSA) is 73.6 Å². The first-order chi connectivity index (χ1) is 11.6. The monoisotopic (exact) mass is 343 g/mol. The van der Waals surface area contributed by atoms with Crippen LogP contribution in [-0.4, -0.2) is 27.2 Å². The second-order valence-electron chi connectivity index (χ2n) is 5.43. The van der Waals surface area contributed by atoms with Crippen LogP contribution in [0.4, 0.5) is 0 Å². The van der Waals surface area contributed by atoms with Crippen molar-refractivity contribution in [1.82, 2.24) is 14.6 Å². The number of fused-ring (bicyclic) bond motifs is 1. The van der Waals surface area contributed by atoms with Gasteiger partial charge in [0.2, 0.25) is 4.96 Å². The lowest BCUT2D eigenvalue weighted by Crippen LogP contribution is -2.20. The summed E-state index contributed by atoms with van der Waals surface area (Å²) in [6.45, 7) is 4.11. The Morgan fingerprint density at radius 2 is 2.04 bits per heavy atom. The molecule has 0 saturated heterocycles. The molecule has 0 radical (unpaired) electrons. The third kappa shape index (κ3) is 3.51. The van der Waals surface area contributed by atoms with E-state index in [0.717, 1.165) is 11.1 Å². The molecule has 0 fully saturated rings. The SMILES string of the molecule is CCOC(=O)Cc1csc2nc(=O)c(Cc3ccc(C)cc3)nn12. The summed E-state index contributed by atoms with van der Waals surface area (Å²) in [5.41, 5.74) is 2.85. The number of hydrogen-bond acceptors (Lipinski definition) is 6. The van der Waals surface area contributed by atoms with E-state index in [1.54, 1.807) is 16.8 Å². The lowest BCUT2D eigenvalue weighted by atomic mass is 10.1. The fourth-order valence-electron chi connectivity index (χ4n) is 2.33. The highest BCUT2D eigenvalue weighted by Gasteiger charge is 2.14. The van der Waals surface area contributed by atoms with Gasteiger partial charge in [0.25, 0.3) is 5.56 Å². The minimum Gasteiger partial charge on any atom is -0.466 e. The van der Waals surface area contributed by atoms with Gasteiger partial charge in [-0.2, -0.15) is 10.1 Å². The predicted octanol–water partition coefficient (Wildman–Crippen LogP) is 2.16. The van der Waals surface area contributed by atoms with Gasteiger partial charge in [0.1, 0.15) is 5.69 Å². The summed E-state index contributed by atoms with van der Waals surface area (Å²) in [6.07, 6.45) is 0.513. The molecule has 0 aliphatic carbocycles. The average Bonchev–Trinajstić information content (AvgIpc) is 2.92. The van der Waals surface area contributed by atoms with Gasteiger partial charge in [0, 0.05) is 11.8 Å². The zero-order chi connectivity index (χ0) is 17.1. The van der Waals surface area contributed by atoms with Crippen LogP contribution in [0, 0.1) is 6.92 Å². The number of benzene rings is 1. The second-order valence-corrected chi connectivity index (χ2v) is 6.27. The number of aryl methyl sites for hydroxylation is 1. The van der Waals surface area contributed by atoms with Crippen molar-refractivity contribution in [3.63, 3.8) is 0 Å². The van der Waals surface area contributed by atoms with E-state index < -0.39 is 0 Å². The van der Waals surface area contributed by atoms with Crippen molar-refractivity contribution in [3.8, 4) is 0 Å². The maximum Gasteiger partial charge on any atom is 0.311 e. The minimum atomic E-state index is -0.333. The lowest BCUT2D eigenvalue weighted by Gasteiger charge is -2.04. The molecule has 0 atom stereocenters. The van der Waals surface area contributed by atoms with Gasteiger partial charge in [0.15, 0.2) is 0 Å². The molecule has 0 aliphatic rings. The summed E-state index contributed by atoms with van der Waals surface area (Å²) in [4.78, 5) is 28.4. The number of ether oxygens (including phenoxy) is 1. The van der Waals surface area contributed by atoms with Gasteiger partial charge in [-0.1, -0.05) is 29.8 Å². The Balaban J connectivity index is 1.93. The highest BCUT2D eigenvalue weighted by atomic mass is 32.1. The summed E-state index contributed by atoms with van der Waals surface area (Å²) >= 11 is 1.29. The largest absolute Gasteiger partial charge is 0.466 e. The van der Waals surface area contributed by atoms with E-state index in [4.69, 9.17) is 4.74 Å². The molecule has 0 amide bonds. The van der Waals surface area contributed by atoms with Gasteiger partial charge in [0.05, 0.1) is 18.7 Å². The van der Waals surface area contributed by atoms with Crippen molar-refractivity contribution < 1.29 is 9.53 Å². The molecule has 3 rings (SSSR count). The van der Waals surface area contributed by atoms with Gasteiger partial charge in [-0.15, -0.1) is 11.3 Å². The second kappa shape index (κ2) is 6.92. The third-order valence-electron chi connectivity index (χ3n) is 3.54. The highest BCUT2D eigenvalue weighted by molar-refractivity contribution is 7.15. The molecule has 7 heteroatoms. The molecule has 0 saturated carbocycles. The molecule has 0 spiro atoms. The molecule has 2 heterocycles. The molecular formula is C17H17N3O3S. The standard InChI is InChI=1S/C17H17N3O3S/c1-3-23-15(21)9-13-10-24-17-18-16(22)14(19-20(13)17)8-12-6-4-11(2)5-7-12/h4-7,10H,3,8-9H2,1-2H3. The fourth-order valence-corrected chi connectivity index (χ4v) is 3.14. The van der Waals surface area contributed by atoms with E-state index in [0.29, 0.717) is 29.4 Å². The highest BCUT2D eigenvalue weighted by Crippen LogP contribution is 2.14. The first kappa shape index (κ1) is 16.3. The average molecular weight is 343 g/mol. The zero-order valence-electron chi connectivity index (χ0n) is 13.5. The summed E-state index contributed by atoms with van der Waals surface area (Å²) in [7, 11) is 0. The molecule has 3 aromatic rings. The number of carbonyl (C=O) groups excluding carboxylic acids is 1. The Kier molecular flexibility index (Phi) is 4.71. The fraction of sp³-hybridized carbons (Fsp3) is 0.294. The molecule has 0 bridgehead atoms. The first-order valence-corrected chi connectivity index (χ1v) is 8.52. The van der Waals surface area contributed by atoms with Crippen LogP contribution in [-0.2, 0) is 22.4 Å². The lowest BCUT2D eigenvalue weighted by molar-refractivity contribution is -0.142. The van der Waals surface area contributed by atoms with Gasteiger partial charge in [-0.05, 0) is 19.4 Å². The summed E-state index contributed by atoms with van der Waals surface area (Å²) < 4.78 is 6.53. The van der Waals surface area contributed by atoms with E-state index in [1.807, 2.05) is 31.2 Å². The number of esters is 1. The van der Waals surface area contributed by atoms with Gasteiger partial charge >= 0.3 is 5.97 Å². The molecule has 0 aliphatic heterocycles. The first-order valence-electron chi connectivity index (χ1n) is 7.64. The number of rotatable bonds is 5. The third-order valence-corrected chi connectivity index (χ3v) is 4.41. The van der Waals surface area contributed by atoms with Crippen molar-refractivity contribution in [1.29, 1.82) is 0 Å². The molecule has 24 heavy (non-hydrogen) atoms. The number of carbonyl (C=O) groups is 1.